The number of nitrogens with one attached hydrogen (secondary N) is 1. The average molecular weight is 408 g/mol. The van der Waals surface area contributed by atoms with E-state index < -0.39 is 0 Å². The number of Topliss-reactive ketones (excluding diaryl/α,β-unsaturated/α-hetero) is 1. The summed E-state index contributed by atoms with van der Waals surface area (Å²) in [6.07, 6.45) is 7.18. The van der Waals surface area contributed by atoms with Crippen LogP contribution in [-0.2, 0) is 12.8 Å². The summed E-state index contributed by atoms with van der Waals surface area (Å²) in [4.78, 5) is 13.0. The molecule has 1 N–H and O–H groups in total. The SMILES string of the molecule is CCCC(/C=C1\Cc2cc(OC)c(OC)cc2C1=O)CCNCCc1ccccc1. The number of rotatable bonds is 11. The molecular weight excluding hydrogens is 374 g/mol. The monoisotopic (exact) mass is 407 g/mol. The molecule has 1 aliphatic rings. The van der Waals surface area contributed by atoms with Crippen molar-refractivity contribution in [2.45, 2.75) is 39.0 Å². The molecule has 0 spiro atoms. The summed E-state index contributed by atoms with van der Waals surface area (Å²) >= 11 is 0. The van der Waals surface area contributed by atoms with Crippen molar-refractivity contribution in [1.82, 2.24) is 5.32 Å². The highest BCUT2D eigenvalue weighted by atomic mass is 16.5. The molecule has 160 valence electrons. The van der Waals surface area contributed by atoms with Crippen molar-refractivity contribution >= 4 is 5.78 Å². The maximum atomic E-state index is 13.0. The third-order valence-corrected chi connectivity index (χ3v) is 5.75. The first-order chi connectivity index (χ1) is 14.7. The number of allylic oxidation sites excluding steroid dienone is 2. The minimum atomic E-state index is 0.129. The van der Waals surface area contributed by atoms with Gasteiger partial charge in [-0.1, -0.05) is 49.8 Å². The summed E-state index contributed by atoms with van der Waals surface area (Å²) in [5, 5.41) is 3.56. The lowest BCUT2D eigenvalue weighted by molar-refractivity contribution is 0.103. The number of fused-ring (bicyclic) bond motifs is 1. The third-order valence-electron chi connectivity index (χ3n) is 5.75. The number of methoxy groups -OCH3 is 2. The number of hydrogen-bond donors (Lipinski definition) is 1. The van der Waals surface area contributed by atoms with Gasteiger partial charge >= 0.3 is 0 Å². The molecule has 0 saturated carbocycles. The first-order valence-electron chi connectivity index (χ1n) is 10.9. The van der Waals surface area contributed by atoms with Crippen LogP contribution < -0.4 is 14.8 Å². The molecule has 1 unspecified atom stereocenters. The molecule has 30 heavy (non-hydrogen) atoms. The van der Waals surface area contributed by atoms with Crippen LogP contribution in [0.1, 0.15) is 47.7 Å². The van der Waals surface area contributed by atoms with Gasteiger partial charge in [0.1, 0.15) is 0 Å². The van der Waals surface area contributed by atoms with Crippen LogP contribution in [-0.4, -0.2) is 33.1 Å². The summed E-state index contributed by atoms with van der Waals surface area (Å²) in [6.45, 7) is 4.14. The van der Waals surface area contributed by atoms with Gasteiger partial charge in [0.2, 0.25) is 0 Å². The van der Waals surface area contributed by atoms with Crippen molar-refractivity contribution in [3.63, 3.8) is 0 Å². The van der Waals surface area contributed by atoms with Crippen molar-refractivity contribution in [3.05, 3.63) is 70.8 Å². The molecule has 0 bridgehead atoms. The highest BCUT2D eigenvalue weighted by Crippen LogP contribution is 2.37. The lowest BCUT2D eigenvalue weighted by Crippen LogP contribution is -2.20. The largest absolute Gasteiger partial charge is 0.493 e. The summed E-state index contributed by atoms with van der Waals surface area (Å²) in [5.74, 6) is 1.83. The predicted octanol–water partition coefficient (Wildman–Crippen LogP) is 5.01. The Hall–Kier alpha value is -2.59. The van der Waals surface area contributed by atoms with Gasteiger partial charge in [-0.2, -0.15) is 0 Å². The number of carbonyl (C=O) groups excluding carboxylic acids is 1. The molecule has 4 nitrogen and oxygen atoms in total. The summed E-state index contributed by atoms with van der Waals surface area (Å²) in [5.41, 5.74) is 4.04. The van der Waals surface area contributed by atoms with Crippen LogP contribution in [0.2, 0.25) is 0 Å². The molecule has 0 amide bonds. The molecule has 4 heteroatoms. The van der Waals surface area contributed by atoms with Crippen molar-refractivity contribution in [2.24, 2.45) is 5.92 Å². The standard InChI is InChI=1S/C26H33NO3/c1-4-8-20(12-14-27-13-11-19-9-6-5-7-10-19)15-22-16-21-17-24(29-2)25(30-3)18-23(21)26(22)28/h5-7,9-10,15,17-18,20,27H,4,8,11-14,16H2,1-3H3/b22-15+. The van der Waals surface area contributed by atoms with E-state index in [1.165, 1.54) is 5.56 Å². The van der Waals surface area contributed by atoms with E-state index in [2.05, 4.69) is 48.6 Å². The van der Waals surface area contributed by atoms with E-state index >= 15 is 0 Å². The second-order valence-electron chi connectivity index (χ2n) is 7.89. The third kappa shape index (κ3) is 5.51. The van der Waals surface area contributed by atoms with Crippen molar-refractivity contribution in [2.75, 3.05) is 27.3 Å². The Labute approximate surface area is 180 Å². The maximum Gasteiger partial charge on any atom is 0.189 e. The second-order valence-corrected chi connectivity index (χ2v) is 7.89. The van der Waals surface area contributed by atoms with Gasteiger partial charge in [0.05, 0.1) is 14.2 Å². The molecule has 0 aliphatic heterocycles. The van der Waals surface area contributed by atoms with Gasteiger partial charge in [-0.05, 0) is 61.5 Å². The first kappa shape index (κ1) is 22.1. The number of ketones is 1. The van der Waals surface area contributed by atoms with E-state index in [0.717, 1.165) is 55.5 Å². The first-order valence-corrected chi connectivity index (χ1v) is 10.9. The smallest absolute Gasteiger partial charge is 0.189 e. The van der Waals surface area contributed by atoms with Crippen LogP contribution in [0.15, 0.2) is 54.1 Å². The fraction of sp³-hybridized carbons (Fsp3) is 0.423. The molecule has 2 aromatic rings. The Morgan fingerprint density at radius 2 is 1.77 bits per heavy atom. The van der Waals surface area contributed by atoms with E-state index in [4.69, 9.17) is 9.47 Å². The number of benzene rings is 2. The Balaban J connectivity index is 1.58. The highest BCUT2D eigenvalue weighted by Gasteiger charge is 2.27. The van der Waals surface area contributed by atoms with E-state index in [0.29, 0.717) is 23.8 Å². The van der Waals surface area contributed by atoms with Gasteiger partial charge in [0.15, 0.2) is 17.3 Å². The molecular formula is C26H33NO3. The minimum Gasteiger partial charge on any atom is -0.493 e. The summed E-state index contributed by atoms with van der Waals surface area (Å²) in [7, 11) is 3.22. The lowest BCUT2D eigenvalue weighted by atomic mass is 9.95. The average Bonchev–Trinajstić information content (AvgIpc) is 3.07. The quantitative estimate of drug-likeness (QED) is 0.420. The van der Waals surface area contributed by atoms with Crippen LogP contribution in [0.5, 0.6) is 11.5 Å². The molecule has 0 saturated heterocycles. The zero-order valence-electron chi connectivity index (χ0n) is 18.4. The van der Waals surface area contributed by atoms with Crippen LogP contribution in [0.4, 0.5) is 0 Å². The predicted molar refractivity (Wildman–Crippen MR) is 122 cm³/mol. The van der Waals surface area contributed by atoms with Crippen LogP contribution >= 0.6 is 0 Å². The fourth-order valence-electron chi connectivity index (χ4n) is 4.13. The molecule has 0 aromatic heterocycles. The van der Waals surface area contributed by atoms with Gasteiger partial charge in [-0.15, -0.1) is 0 Å². The van der Waals surface area contributed by atoms with E-state index in [1.54, 1.807) is 14.2 Å². The van der Waals surface area contributed by atoms with Gasteiger partial charge in [-0.3, -0.25) is 4.79 Å². The topological polar surface area (TPSA) is 47.6 Å². The minimum absolute atomic E-state index is 0.129. The van der Waals surface area contributed by atoms with Crippen LogP contribution in [0.3, 0.4) is 0 Å². The van der Waals surface area contributed by atoms with Gasteiger partial charge in [0, 0.05) is 17.6 Å². The Kier molecular flexibility index (Phi) is 8.09. The zero-order valence-corrected chi connectivity index (χ0v) is 18.4. The molecule has 0 fully saturated rings. The van der Waals surface area contributed by atoms with Crippen molar-refractivity contribution < 1.29 is 14.3 Å². The second kappa shape index (κ2) is 11.0. The fourth-order valence-corrected chi connectivity index (χ4v) is 4.13. The maximum absolute atomic E-state index is 13.0. The molecule has 0 heterocycles. The molecule has 3 rings (SSSR count). The molecule has 1 atom stereocenters. The lowest BCUT2D eigenvalue weighted by Gasteiger charge is -2.13. The molecule has 1 aliphatic carbocycles. The number of hydrogen-bond acceptors (Lipinski definition) is 4. The normalized spacial score (nSPS) is 15.3. The Morgan fingerprint density at radius 1 is 1.03 bits per heavy atom. The number of carbonyl (C=O) groups is 1. The van der Waals surface area contributed by atoms with Crippen molar-refractivity contribution in [3.8, 4) is 11.5 Å². The van der Waals surface area contributed by atoms with Crippen LogP contribution in [0.25, 0.3) is 0 Å². The zero-order chi connectivity index (χ0) is 21.3. The van der Waals surface area contributed by atoms with Gasteiger partial charge in [0.25, 0.3) is 0 Å². The van der Waals surface area contributed by atoms with Gasteiger partial charge in [-0.25, -0.2) is 0 Å². The van der Waals surface area contributed by atoms with E-state index in [-0.39, 0.29) is 5.78 Å². The van der Waals surface area contributed by atoms with E-state index in [1.807, 2.05) is 12.1 Å². The Morgan fingerprint density at radius 3 is 2.47 bits per heavy atom. The van der Waals surface area contributed by atoms with Crippen molar-refractivity contribution in [1.29, 1.82) is 0 Å². The van der Waals surface area contributed by atoms with E-state index in [9.17, 15) is 4.79 Å². The van der Waals surface area contributed by atoms with Gasteiger partial charge < -0.3 is 14.8 Å². The molecule has 2 aromatic carbocycles. The number of ether oxygens (including phenoxy) is 2. The van der Waals surface area contributed by atoms with Crippen LogP contribution in [0, 0.1) is 5.92 Å². The molecule has 0 radical (unpaired) electrons. The Bertz CT molecular complexity index is 873. The highest BCUT2D eigenvalue weighted by molar-refractivity contribution is 6.13. The summed E-state index contributed by atoms with van der Waals surface area (Å²) < 4.78 is 10.8. The summed E-state index contributed by atoms with van der Waals surface area (Å²) in [6, 6.07) is 14.3.